The molecule has 0 amide bonds. The van der Waals surface area contributed by atoms with Crippen LogP contribution in [-0.2, 0) is 0 Å². The highest BCUT2D eigenvalue weighted by molar-refractivity contribution is 7.71. The van der Waals surface area contributed by atoms with Crippen molar-refractivity contribution in [1.82, 2.24) is 29.8 Å². The first kappa shape index (κ1) is 11.6. The van der Waals surface area contributed by atoms with Crippen LogP contribution >= 0.6 is 23.8 Å². The number of fused-ring (bicyclic) bond motifs is 3. The fourth-order valence-corrected chi connectivity index (χ4v) is 2.55. The largest absolute Gasteiger partial charge is 0.261 e. The Balaban J connectivity index is 2.11. The predicted molar refractivity (Wildman–Crippen MR) is 78.3 cm³/mol. The monoisotopic (exact) mass is 302 g/mol. The Morgan fingerprint density at radius 1 is 1.15 bits per heavy atom. The maximum absolute atomic E-state index is 5.91. The molecule has 20 heavy (non-hydrogen) atoms. The second-order valence-corrected chi connectivity index (χ2v) is 5.07. The minimum absolute atomic E-state index is 0.412. The topological polar surface area (TPSA) is 74.7 Å². The molecule has 1 aromatic carbocycles. The molecular weight excluding hydrogens is 296 g/mol. The van der Waals surface area contributed by atoms with E-state index in [2.05, 4.69) is 25.4 Å². The molecule has 0 fully saturated rings. The number of nitrogens with one attached hydrogen (secondary N) is 2. The minimum atomic E-state index is 0.412. The summed E-state index contributed by atoms with van der Waals surface area (Å²) in [6.07, 6.45) is 1.69. The van der Waals surface area contributed by atoms with Crippen molar-refractivity contribution < 1.29 is 0 Å². The smallest absolute Gasteiger partial charge is 0.209 e. The zero-order valence-corrected chi connectivity index (χ0v) is 11.5. The summed E-state index contributed by atoms with van der Waals surface area (Å²) in [5, 5.41) is 15.6. The lowest BCUT2D eigenvalue weighted by molar-refractivity contribution is 1.05. The van der Waals surface area contributed by atoms with E-state index in [0.717, 1.165) is 16.6 Å². The molecule has 0 spiro atoms. The van der Waals surface area contributed by atoms with Gasteiger partial charge in [0, 0.05) is 10.6 Å². The third-order valence-corrected chi connectivity index (χ3v) is 3.60. The van der Waals surface area contributed by atoms with Gasteiger partial charge in [0.25, 0.3) is 0 Å². The zero-order chi connectivity index (χ0) is 13.7. The van der Waals surface area contributed by atoms with Crippen LogP contribution in [0.5, 0.6) is 0 Å². The lowest BCUT2D eigenvalue weighted by atomic mass is 10.2. The second kappa shape index (κ2) is 4.12. The van der Waals surface area contributed by atoms with Crippen LogP contribution in [-0.4, -0.2) is 29.8 Å². The van der Waals surface area contributed by atoms with E-state index in [-0.39, 0.29) is 0 Å². The van der Waals surface area contributed by atoms with Crippen molar-refractivity contribution >= 4 is 40.5 Å². The van der Waals surface area contributed by atoms with Gasteiger partial charge in [0.05, 0.1) is 11.6 Å². The lowest BCUT2D eigenvalue weighted by Crippen LogP contribution is -1.94. The Labute approximate surface area is 122 Å². The standard InChI is InChI=1S/C12H7ClN6S/c13-7-3-1-6(2-4-7)10-17-18-11-8-5-14-16-9(8)15-12(20)19(10)11/h1-5,18H,(H,15,16,20). The maximum atomic E-state index is 5.91. The predicted octanol–water partition coefficient (Wildman–Crippen LogP) is 2.98. The van der Waals surface area contributed by atoms with Crippen LogP contribution in [0.1, 0.15) is 0 Å². The summed E-state index contributed by atoms with van der Waals surface area (Å²) in [7, 11) is 0. The van der Waals surface area contributed by atoms with Gasteiger partial charge < -0.3 is 0 Å². The number of hydrogen-bond acceptors (Lipinski definition) is 4. The van der Waals surface area contributed by atoms with E-state index in [1.165, 1.54) is 0 Å². The van der Waals surface area contributed by atoms with Gasteiger partial charge in [-0.05, 0) is 36.5 Å². The molecule has 3 heterocycles. The molecule has 0 aliphatic heterocycles. The molecule has 0 saturated carbocycles. The van der Waals surface area contributed by atoms with Gasteiger partial charge in [0.2, 0.25) is 4.77 Å². The van der Waals surface area contributed by atoms with Gasteiger partial charge in [0.15, 0.2) is 11.5 Å². The van der Waals surface area contributed by atoms with Gasteiger partial charge in [-0.15, -0.1) is 0 Å². The van der Waals surface area contributed by atoms with Crippen molar-refractivity contribution in [1.29, 1.82) is 0 Å². The number of halogens is 1. The Morgan fingerprint density at radius 3 is 2.75 bits per heavy atom. The average Bonchev–Trinajstić information content (AvgIpc) is 3.05. The molecule has 6 nitrogen and oxygen atoms in total. The number of hydrogen-bond donors (Lipinski definition) is 2. The van der Waals surface area contributed by atoms with Crippen molar-refractivity contribution in [3.05, 3.63) is 40.3 Å². The van der Waals surface area contributed by atoms with E-state index in [0.29, 0.717) is 21.3 Å². The van der Waals surface area contributed by atoms with Gasteiger partial charge in [-0.25, -0.2) is 0 Å². The molecule has 0 unspecified atom stereocenters. The van der Waals surface area contributed by atoms with Crippen LogP contribution < -0.4 is 0 Å². The van der Waals surface area contributed by atoms with Gasteiger partial charge in [0.1, 0.15) is 5.65 Å². The minimum Gasteiger partial charge on any atom is -0.261 e. The number of benzene rings is 1. The van der Waals surface area contributed by atoms with Crippen molar-refractivity contribution in [2.24, 2.45) is 0 Å². The number of rotatable bonds is 1. The number of nitrogens with zero attached hydrogens (tertiary/aromatic N) is 4. The summed E-state index contributed by atoms with van der Waals surface area (Å²) in [6.45, 7) is 0. The van der Waals surface area contributed by atoms with Crippen LogP contribution in [0.3, 0.4) is 0 Å². The van der Waals surface area contributed by atoms with Gasteiger partial charge >= 0.3 is 0 Å². The Bertz CT molecular complexity index is 981. The molecule has 0 aliphatic carbocycles. The maximum Gasteiger partial charge on any atom is 0.209 e. The van der Waals surface area contributed by atoms with Crippen molar-refractivity contribution in [2.45, 2.75) is 0 Å². The molecule has 0 saturated heterocycles. The molecular formula is C12H7ClN6S. The molecule has 8 heteroatoms. The van der Waals surface area contributed by atoms with Crippen LogP contribution in [0, 0.1) is 4.77 Å². The first-order chi connectivity index (χ1) is 9.74. The lowest BCUT2D eigenvalue weighted by Gasteiger charge is -2.00. The molecule has 0 radical (unpaired) electrons. The van der Waals surface area contributed by atoms with Crippen molar-refractivity contribution in [2.75, 3.05) is 0 Å². The highest BCUT2D eigenvalue weighted by Crippen LogP contribution is 2.23. The summed E-state index contributed by atoms with van der Waals surface area (Å²) in [6, 6.07) is 7.40. The summed E-state index contributed by atoms with van der Waals surface area (Å²) >= 11 is 11.2. The van der Waals surface area contributed by atoms with E-state index < -0.39 is 0 Å². The second-order valence-electron chi connectivity index (χ2n) is 4.26. The van der Waals surface area contributed by atoms with Gasteiger partial charge in [-0.3, -0.25) is 14.6 Å². The van der Waals surface area contributed by atoms with E-state index >= 15 is 0 Å². The normalized spacial score (nSPS) is 11.4. The molecule has 4 rings (SSSR count). The third-order valence-electron chi connectivity index (χ3n) is 3.08. The SMILES string of the molecule is S=c1nc2[nH]ncc2c2[nH]nc(-c3ccc(Cl)cc3)n12. The van der Waals surface area contributed by atoms with E-state index in [1.54, 1.807) is 10.6 Å². The molecule has 4 aromatic rings. The fraction of sp³-hybridized carbons (Fsp3) is 0. The molecule has 98 valence electrons. The Hall–Kier alpha value is -2.25. The summed E-state index contributed by atoms with van der Waals surface area (Å²) < 4.78 is 2.20. The van der Waals surface area contributed by atoms with Crippen LogP contribution in [0.25, 0.3) is 28.1 Å². The van der Waals surface area contributed by atoms with Crippen LogP contribution in [0.15, 0.2) is 30.5 Å². The van der Waals surface area contributed by atoms with Crippen molar-refractivity contribution in [3.63, 3.8) is 0 Å². The van der Waals surface area contributed by atoms with Crippen LogP contribution in [0.2, 0.25) is 5.02 Å². The quantitative estimate of drug-likeness (QED) is 0.530. The van der Waals surface area contributed by atoms with Crippen LogP contribution in [0.4, 0.5) is 0 Å². The van der Waals surface area contributed by atoms with E-state index in [1.807, 2.05) is 24.3 Å². The Morgan fingerprint density at radius 2 is 1.95 bits per heavy atom. The van der Waals surface area contributed by atoms with Gasteiger partial charge in [-0.2, -0.15) is 15.2 Å². The highest BCUT2D eigenvalue weighted by atomic mass is 35.5. The Kier molecular flexibility index (Phi) is 2.38. The molecule has 3 aromatic heterocycles. The summed E-state index contributed by atoms with van der Waals surface area (Å²) in [5.41, 5.74) is 2.31. The average molecular weight is 303 g/mol. The third kappa shape index (κ3) is 1.57. The van der Waals surface area contributed by atoms with E-state index in [4.69, 9.17) is 23.8 Å². The zero-order valence-electron chi connectivity index (χ0n) is 9.96. The summed E-state index contributed by atoms with van der Waals surface area (Å²) in [4.78, 5) is 4.31. The molecule has 0 bridgehead atoms. The van der Waals surface area contributed by atoms with Crippen molar-refractivity contribution in [3.8, 4) is 11.4 Å². The summed E-state index contributed by atoms with van der Waals surface area (Å²) in [5.74, 6) is 0.692. The van der Waals surface area contributed by atoms with E-state index in [9.17, 15) is 0 Å². The molecule has 0 atom stereocenters. The number of aromatic nitrogens is 6. The first-order valence-electron chi connectivity index (χ1n) is 5.80. The molecule has 2 N–H and O–H groups in total. The molecule has 0 aliphatic rings. The fourth-order valence-electron chi connectivity index (χ4n) is 2.15. The number of H-pyrrole nitrogens is 2. The van der Waals surface area contributed by atoms with Gasteiger partial charge in [-0.1, -0.05) is 11.6 Å². The highest BCUT2D eigenvalue weighted by Gasteiger charge is 2.13. The first-order valence-corrected chi connectivity index (χ1v) is 6.59. The number of aromatic amines is 2.